The molecule has 0 aliphatic rings. The Morgan fingerprint density at radius 2 is 1.73 bits per heavy atom. The van der Waals surface area contributed by atoms with E-state index in [2.05, 4.69) is 29.4 Å². The monoisotopic (exact) mass is 462 g/mol. The first-order valence-corrected chi connectivity index (χ1v) is 12.4. The van der Waals surface area contributed by atoms with Crippen LogP contribution in [-0.4, -0.2) is 25.1 Å². The number of thiazole rings is 1. The van der Waals surface area contributed by atoms with Crippen molar-refractivity contribution in [2.45, 2.75) is 38.5 Å². The van der Waals surface area contributed by atoms with Gasteiger partial charge in [-0.15, -0.1) is 11.3 Å². The molecule has 0 saturated carbocycles. The topological polar surface area (TPSA) is 76.1 Å². The minimum Gasteiger partial charge on any atom is -0.302 e. The Kier molecular flexibility index (Phi) is 6.95. The van der Waals surface area contributed by atoms with E-state index in [4.69, 9.17) is 11.6 Å². The predicted octanol–water partition coefficient (Wildman–Crippen LogP) is 5.58. The van der Waals surface area contributed by atoms with Crippen LogP contribution in [0.3, 0.4) is 0 Å². The number of nitrogens with zero attached hydrogens (tertiary/aromatic N) is 1. The number of carbonyl (C=O) groups excluding carboxylic acids is 1. The molecule has 0 aliphatic heterocycles. The first kappa shape index (κ1) is 22.5. The zero-order valence-electron chi connectivity index (χ0n) is 17.0. The van der Waals surface area contributed by atoms with Gasteiger partial charge in [-0.05, 0) is 62.6 Å². The molecule has 1 aromatic heterocycles. The number of halogens is 1. The second kappa shape index (κ2) is 9.29. The SMILES string of the molecule is Cc1cc(C)c(-c2csc(NC(=O)CCCS(=O)(=O)c3ccc(Cl)cc3)n2)c(C)c1. The second-order valence-electron chi connectivity index (χ2n) is 7.24. The summed E-state index contributed by atoms with van der Waals surface area (Å²) in [6.45, 7) is 6.16. The Morgan fingerprint density at radius 1 is 1.10 bits per heavy atom. The maximum atomic E-state index is 12.3. The summed E-state index contributed by atoms with van der Waals surface area (Å²) in [7, 11) is -3.44. The number of rotatable bonds is 7. The van der Waals surface area contributed by atoms with Crippen LogP contribution in [0.25, 0.3) is 11.3 Å². The van der Waals surface area contributed by atoms with E-state index in [0.717, 1.165) is 22.4 Å². The Morgan fingerprint density at radius 3 is 2.37 bits per heavy atom. The first-order valence-electron chi connectivity index (χ1n) is 9.47. The first-order chi connectivity index (χ1) is 14.2. The zero-order chi connectivity index (χ0) is 21.9. The highest BCUT2D eigenvalue weighted by molar-refractivity contribution is 7.91. The largest absolute Gasteiger partial charge is 0.302 e. The maximum Gasteiger partial charge on any atom is 0.226 e. The highest BCUT2D eigenvalue weighted by Gasteiger charge is 2.16. The van der Waals surface area contributed by atoms with Gasteiger partial charge in [0.05, 0.1) is 16.3 Å². The van der Waals surface area contributed by atoms with Gasteiger partial charge >= 0.3 is 0 Å². The van der Waals surface area contributed by atoms with Crippen molar-refractivity contribution in [2.24, 2.45) is 0 Å². The van der Waals surface area contributed by atoms with Crippen LogP contribution in [0.15, 0.2) is 46.7 Å². The lowest BCUT2D eigenvalue weighted by Crippen LogP contribution is -2.14. The maximum absolute atomic E-state index is 12.3. The number of amides is 1. The summed E-state index contributed by atoms with van der Waals surface area (Å²) < 4.78 is 24.7. The molecule has 0 spiro atoms. The van der Waals surface area contributed by atoms with Gasteiger partial charge in [-0.3, -0.25) is 4.79 Å². The van der Waals surface area contributed by atoms with Gasteiger partial charge in [-0.1, -0.05) is 29.3 Å². The Bertz CT molecular complexity index is 1150. The summed E-state index contributed by atoms with van der Waals surface area (Å²) in [5.74, 6) is -0.355. The molecule has 0 bridgehead atoms. The lowest BCUT2D eigenvalue weighted by Gasteiger charge is -2.08. The molecule has 5 nitrogen and oxygen atoms in total. The summed E-state index contributed by atoms with van der Waals surface area (Å²) in [6.07, 6.45) is 0.329. The number of aromatic nitrogens is 1. The molecule has 0 radical (unpaired) electrons. The van der Waals surface area contributed by atoms with Crippen LogP contribution in [0.2, 0.25) is 5.02 Å². The molecule has 0 aliphatic carbocycles. The lowest BCUT2D eigenvalue weighted by molar-refractivity contribution is -0.116. The van der Waals surface area contributed by atoms with E-state index in [1.807, 2.05) is 19.2 Å². The number of hydrogen-bond acceptors (Lipinski definition) is 5. The van der Waals surface area contributed by atoms with Crippen LogP contribution in [-0.2, 0) is 14.6 Å². The normalized spacial score (nSPS) is 11.5. The fourth-order valence-electron chi connectivity index (χ4n) is 3.39. The highest BCUT2D eigenvalue weighted by Crippen LogP contribution is 2.31. The summed E-state index contributed by atoms with van der Waals surface area (Å²) >= 11 is 7.15. The van der Waals surface area contributed by atoms with E-state index in [1.54, 1.807) is 12.1 Å². The van der Waals surface area contributed by atoms with Crippen molar-refractivity contribution in [1.82, 2.24) is 4.98 Å². The summed E-state index contributed by atoms with van der Waals surface area (Å²) in [4.78, 5) is 17.0. The van der Waals surface area contributed by atoms with Gasteiger partial charge in [0, 0.05) is 22.4 Å². The van der Waals surface area contributed by atoms with Gasteiger partial charge in [0.1, 0.15) is 0 Å². The van der Waals surface area contributed by atoms with Crippen molar-refractivity contribution in [3.05, 3.63) is 63.5 Å². The quantitative estimate of drug-likeness (QED) is 0.497. The third-order valence-corrected chi connectivity index (χ3v) is 7.50. The molecule has 3 rings (SSSR count). The van der Waals surface area contributed by atoms with Crippen molar-refractivity contribution >= 4 is 43.8 Å². The minimum atomic E-state index is -3.44. The van der Waals surface area contributed by atoms with Gasteiger partial charge < -0.3 is 5.32 Å². The minimum absolute atomic E-state index is 0.102. The molecular formula is C22H23ClN2O3S2. The smallest absolute Gasteiger partial charge is 0.226 e. The summed E-state index contributed by atoms with van der Waals surface area (Å²) in [5.41, 5.74) is 5.39. The average molecular weight is 463 g/mol. The highest BCUT2D eigenvalue weighted by atomic mass is 35.5. The van der Waals surface area contributed by atoms with E-state index >= 15 is 0 Å². The van der Waals surface area contributed by atoms with Gasteiger partial charge in [0.15, 0.2) is 15.0 Å². The molecule has 1 heterocycles. The molecule has 8 heteroatoms. The van der Waals surface area contributed by atoms with Crippen molar-refractivity contribution in [3.8, 4) is 11.3 Å². The van der Waals surface area contributed by atoms with Crippen LogP contribution < -0.4 is 5.32 Å². The number of hydrogen-bond donors (Lipinski definition) is 1. The van der Waals surface area contributed by atoms with Gasteiger partial charge in [0.2, 0.25) is 5.91 Å². The number of benzene rings is 2. The molecule has 30 heavy (non-hydrogen) atoms. The molecule has 2 aromatic carbocycles. The molecule has 0 saturated heterocycles. The second-order valence-corrected chi connectivity index (χ2v) is 10.6. The van der Waals surface area contributed by atoms with Gasteiger partial charge in [-0.2, -0.15) is 0 Å². The van der Waals surface area contributed by atoms with E-state index < -0.39 is 9.84 Å². The fraction of sp³-hybridized carbons (Fsp3) is 0.273. The molecular weight excluding hydrogens is 440 g/mol. The van der Waals surface area contributed by atoms with Crippen molar-refractivity contribution < 1.29 is 13.2 Å². The fourth-order valence-corrected chi connectivity index (χ4v) is 5.55. The van der Waals surface area contributed by atoms with E-state index in [1.165, 1.54) is 29.0 Å². The third kappa shape index (κ3) is 5.47. The van der Waals surface area contributed by atoms with E-state index in [0.29, 0.717) is 10.2 Å². The number of carbonyl (C=O) groups is 1. The van der Waals surface area contributed by atoms with E-state index in [-0.39, 0.29) is 29.4 Å². The van der Waals surface area contributed by atoms with Crippen LogP contribution in [0.1, 0.15) is 29.5 Å². The molecule has 1 amide bonds. The van der Waals surface area contributed by atoms with Crippen LogP contribution >= 0.6 is 22.9 Å². The molecule has 0 unspecified atom stereocenters. The van der Waals surface area contributed by atoms with Crippen LogP contribution in [0.5, 0.6) is 0 Å². The van der Waals surface area contributed by atoms with Crippen LogP contribution in [0.4, 0.5) is 5.13 Å². The van der Waals surface area contributed by atoms with Gasteiger partial charge in [0.25, 0.3) is 0 Å². The third-order valence-electron chi connectivity index (χ3n) is 4.67. The van der Waals surface area contributed by atoms with Gasteiger partial charge in [-0.25, -0.2) is 13.4 Å². The molecule has 0 atom stereocenters. The number of sulfone groups is 1. The van der Waals surface area contributed by atoms with Crippen LogP contribution in [0, 0.1) is 20.8 Å². The Hall–Kier alpha value is -2.22. The van der Waals surface area contributed by atoms with Crippen molar-refractivity contribution in [1.29, 1.82) is 0 Å². The van der Waals surface area contributed by atoms with Crippen molar-refractivity contribution in [2.75, 3.05) is 11.1 Å². The number of nitrogens with one attached hydrogen (secondary N) is 1. The summed E-state index contributed by atoms with van der Waals surface area (Å²) in [5, 5.41) is 5.68. The van der Waals surface area contributed by atoms with E-state index in [9.17, 15) is 13.2 Å². The van der Waals surface area contributed by atoms with Crippen molar-refractivity contribution in [3.63, 3.8) is 0 Å². The zero-order valence-corrected chi connectivity index (χ0v) is 19.4. The number of anilines is 1. The molecule has 0 fully saturated rings. The molecule has 3 aromatic rings. The average Bonchev–Trinajstić information content (AvgIpc) is 3.08. The molecule has 158 valence electrons. The lowest BCUT2D eigenvalue weighted by atomic mass is 9.98. The molecule has 1 N–H and O–H groups in total. The summed E-state index contributed by atoms with van der Waals surface area (Å²) in [6, 6.07) is 10.3. The standard InChI is InChI=1S/C22H23ClN2O3S2/c1-14-11-15(2)21(16(3)12-14)19-13-29-22(24-19)25-20(26)5-4-10-30(27,28)18-8-6-17(23)7-9-18/h6-9,11-13H,4-5,10H2,1-3H3,(H,24,25,26). The number of aryl methyl sites for hydroxylation is 3. The Balaban J connectivity index is 1.58. The Labute approximate surface area is 186 Å². The predicted molar refractivity (Wildman–Crippen MR) is 123 cm³/mol.